The van der Waals surface area contributed by atoms with Gasteiger partial charge < -0.3 is 14.2 Å². The zero-order chi connectivity index (χ0) is 16.0. The first-order valence-electron chi connectivity index (χ1n) is 6.65. The van der Waals surface area contributed by atoms with Gasteiger partial charge in [-0.1, -0.05) is 0 Å². The molecule has 0 fully saturated rings. The van der Waals surface area contributed by atoms with Crippen LogP contribution < -0.4 is 5.56 Å². The average molecular weight is 289 g/mol. The number of hydrogen-bond acceptors (Lipinski definition) is 5. The molecule has 1 aromatic heterocycles. The number of pyridine rings is 1. The molecule has 0 radical (unpaired) electrons. The van der Waals surface area contributed by atoms with E-state index in [9.17, 15) is 14.9 Å². The third-order valence-electron chi connectivity index (χ3n) is 2.81. The second-order valence-corrected chi connectivity index (χ2v) is 4.53. The summed E-state index contributed by atoms with van der Waals surface area (Å²) in [4.78, 5) is 26.0. The maximum Gasteiger partial charge on any atom is 0.340 e. The van der Waals surface area contributed by atoms with Crippen molar-refractivity contribution < 1.29 is 9.53 Å². The van der Waals surface area contributed by atoms with Crippen molar-refractivity contribution >= 4 is 12.0 Å². The van der Waals surface area contributed by atoms with Crippen molar-refractivity contribution in [1.29, 1.82) is 5.26 Å². The highest BCUT2D eigenvalue weighted by Gasteiger charge is 2.19. The lowest BCUT2D eigenvalue weighted by atomic mass is 10.0. The fraction of sp³-hybridized carbons (Fsp3) is 0.400. The molecule has 0 aromatic carbocycles. The van der Waals surface area contributed by atoms with Gasteiger partial charge in [-0.2, -0.15) is 5.26 Å². The van der Waals surface area contributed by atoms with Gasteiger partial charge in [0.1, 0.15) is 11.6 Å². The van der Waals surface area contributed by atoms with Crippen LogP contribution in [0.25, 0.3) is 6.08 Å². The fourth-order valence-corrected chi connectivity index (χ4v) is 1.79. The predicted octanol–water partition coefficient (Wildman–Crippen LogP) is 1.45. The molecule has 6 nitrogen and oxygen atoms in total. The molecular weight excluding hydrogens is 270 g/mol. The normalized spacial score (nSPS) is 10.4. The summed E-state index contributed by atoms with van der Waals surface area (Å²) in [5, 5.41) is 9.26. The van der Waals surface area contributed by atoms with Gasteiger partial charge in [-0.25, -0.2) is 4.79 Å². The number of carbonyl (C=O) groups excluding carboxylic acids is 1. The van der Waals surface area contributed by atoms with E-state index in [1.807, 2.05) is 6.07 Å². The Hall–Kier alpha value is -2.55. The molecule has 0 saturated heterocycles. The number of esters is 1. The van der Waals surface area contributed by atoms with Crippen molar-refractivity contribution in [3.05, 3.63) is 39.4 Å². The minimum Gasteiger partial charge on any atom is -0.462 e. The molecule has 0 aliphatic rings. The summed E-state index contributed by atoms with van der Waals surface area (Å²) in [5.41, 5.74) is 0.0410. The first-order valence-corrected chi connectivity index (χ1v) is 6.65. The molecular formula is C15H19N3O3. The molecule has 0 bridgehead atoms. The summed E-state index contributed by atoms with van der Waals surface area (Å²) in [6.07, 6.45) is 4.69. The van der Waals surface area contributed by atoms with Crippen molar-refractivity contribution in [1.82, 2.24) is 9.47 Å². The Morgan fingerprint density at radius 1 is 1.48 bits per heavy atom. The monoisotopic (exact) mass is 289 g/mol. The SMILES string of the molecule is CCOC(=O)c1cn(CC)c(=O)c(C#N)c1/C=C/N(C)C. The van der Waals surface area contributed by atoms with Crippen LogP contribution in [0.2, 0.25) is 0 Å². The van der Waals surface area contributed by atoms with E-state index in [2.05, 4.69) is 0 Å². The van der Waals surface area contributed by atoms with E-state index < -0.39 is 11.5 Å². The summed E-state index contributed by atoms with van der Waals surface area (Å²) >= 11 is 0. The van der Waals surface area contributed by atoms with Gasteiger partial charge in [-0.05, 0) is 26.1 Å². The van der Waals surface area contributed by atoms with Gasteiger partial charge in [0, 0.05) is 32.4 Å². The van der Waals surface area contributed by atoms with Crippen LogP contribution in [0, 0.1) is 11.3 Å². The Kier molecular flexibility index (Phi) is 5.73. The highest BCUT2D eigenvalue weighted by molar-refractivity contribution is 5.94. The number of aromatic nitrogens is 1. The van der Waals surface area contributed by atoms with E-state index in [4.69, 9.17) is 4.74 Å². The molecule has 0 aliphatic carbocycles. The Labute approximate surface area is 123 Å². The average Bonchev–Trinajstić information content (AvgIpc) is 2.45. The van der Waals surface area contributed by atoms with Crippen LogP contribution in [-0.4, -0.2) is 36.1 Å². The van der Waals surface area contributed by atoms with Gasteiger partial charge in [0.05, 0.1) is 12.2 Å². The Morgan fingerprint density at radius 2 is 2.14 bits per heavy atom. The highest BCUT2D eigenvalue weighted by Crippen LogP contribution is 2.15. The first kappa shape index (κ1) is 16.5. The van der Waals surface area contributed by atoms with E-state index in [1.165, 1.54) is 10.8 Å². The molecule has 112 valence electrons. The lowest BCUT2D eigenvalue weighted by Gasteiger charge is -2.12. The van der Waals surface area contributed by atoms with Crippen LogP contribution in [0.15, 0.2) is 17.2 Å². The Balaban J connectivity index is 3.62. The van der Waals surface area contributed by atoms with Crippen LogP contribution in [0.3, 0.4) is 0 Å². The Bertz CT molecular complexity index is 651. The van der Waals surface area contributed by atoms with E-state index in [-0.39, 0.29) is 17.7 Å². The van der Waals surface area contributed by atoms with Crippen LogP contribution in [-0.2, 0) is 11.3 Å². The predicted molar refractivity (Wildman–Crippen MR) is 79.8 cm³/mol. The molecule has 21 heavy (non-hydrogen) atoms. The molecule has 0 spiro atoms. The van der Waals surface area contributed by atoms with Crippen molar-refractivity contribution in [2.75, 3.05) is 20.7 Å². The number of nitrogens with zero attached hydrogens (tertiary/aromatic N) is 3. The maximum atomic E-state index is 12.2. The zero-order valence-corrected chi connectivity index (χ0v) is 12.7. The minimum absolute atomic E-state index is 0.0551. The topological polar surface area (TPSA) is 75.3 Å². The number of ether oxygens (including phenoxy) is 1. The lowest BCUT2D eigenvalue weighted by molar-refractivity contribution is 0.0525. The molecule has 0 N–H and O–H groups in total. The van der Waals surface area contributed by atoms with Crippen molar-refractivity contribution in [3.8, 4) is 6.07 Å². The van der Waals surface area contributed by atoms with Gasteiger partial charge >= 0.3 is 5.97 Å². The lowest BCUT2D eigenvalue weighted by Crippen LogP contribution is -2.25. The second kappa shape index (κ2) is 7.29. The number of aryl methyl sites for hydroxylation is 1. The largest absolute Gasteiger partial charge is 0.462 e. The quantitative estimate of drug-likeness (QED) is 0.767. The Morgan fingerprint density at radius 3 is 2.62 bits per heavy atom. The van der Waals surface area contributed by atoms with Crippen molar-refractivity contribution in [2.45, 2.75) is 20.4 Å². The molecule has 6 heteroatoms. The van der Waals surface area contributed by atoms with E-state index in [1.54, 1.807) is 45.1 Å². The second-order valence-electron chi connectivity index (χ2n) is 4.53. The van der Waals surface area contributed by atoms with E-state index in [0.29, 0.717) is 12.1 Å². The van der Waals surface area contributed by atoms with Gasteiger partial charge in [0.2, 0.25) is 0 Å². The van der Waals surface area contributed by atoms with Crippen molar-refractivity contribution in [3.63, 3.8) is 0 Å². The standard InChI is InChI=1S/C15H19N3O3/c1-5-18-10-13(15(20)21-6-2)11(7-8-17(3)4)12(9-16)14(18)19/h7-8,10H,5-6H2,1-4H3/b8-7+. The number of hydrogen-bond donors (Lipinski definition) is 0. The fourth-order valence-electron chi connectivity index (χ4n) is 1.79. The minimum atomic E-state index is -0.547. The van der Waals surface area contributed by atoms with Crippen LogP contribution in [0.1, 0.15) is 35.3 Å². The smallest absolute Gasteiger partial charge is 0.340 e. The molecule has 0 aliphatic heterocycles. The summed E-state index contributed by atoms with van der Waals surface area (Å²) in [7, 11) is 3.61. The van der Waals surface area contributed by atoms with Gasteiger partial charge in [-0.3, -0.25) is 4.79 Å². The van der Waals surface area contributed by atoms with E-state index >= 15 is 0 Å². The number of carbonyl (C=O) groups is 1. The van der Waals surface area contributed by atoms with Gasteiger partial charge in [0.15, 0.2) is 0 Å². The van der Waals surface area contributed by atoms with Crippen LogP contribution >= 0.6 is 0 Å². The molecule has 0 saturated carbocycles. The zero-order valence-electron chi connectivity index (χ0n) is 12.7. The third-order valence-corrected chi connectivity index (χ3v) is 2.81. The summed E-state index contributed by atoms with van der Waals surface area (Å²) in [5.74, 6) is -0.547. The number of nitriles is 1. The third kappa shape index (κ3) is 3.72. The molecule has 0 amide bonds. The molecule has 0 unspecified atom stereocenters. The highest BCUT2D eigenvalue weighted by atomic mass is 16.5. The van der Waals surface area contributed by atoms with Crippen LogP contribution in [0.5, 0.6) is 0 Å². The molecule has 0 atom stereocenters. The summed E-state index contributed by atoms with van der Waals surface area (Å²) < 4.78 is 6.33. The molecule has 1 heterocycles. The summed E-state index contributed by atoms with van der Waals surface area (Å²) in [6.45, 7) is 4.07. The number of rotatable bonds is 5. The van der Waals surface area contributed by atoms with E-state index in [0.717, 1.165) is 0 Å². The maximum absolute atomic E-state index is 12.2. The van der Waals surface area contributed by atoms with Crippen LogP contribution in [0.4, 0.5) is 0 Å². The van der Waals surface area contributed by atoms with Gasteiger partial charge in [-0.15, -0.1) is 0 Å². The molecule has 1 aromatic rings. The van der Waals surface area contributed by atoms with Gasteiger partial charge in [0.25, 0.3) is 5.56 Å². The summed E-state index contributed by atoms with van der Waals surface area (Å²) in [6, 6.07) is 1.89. The van der Waals surface area contributed by atoms with Crippen molar-refractivity contribution in [2.24, 2.45) is 0 Å². The molecule has 1 rings (SSSR count). The first-order chi connectivity index (χ1) is 9.96.